The molecule has 0 spiro atoms. The van der Waals surface area contributed by atoms with Crippen molar-refractivity contribution in [2.24, 2.45) is 0 Å². The van der Waals surface area contributed by atoms with E-state index >= 15 is 0 Å². The molecule has 7 heteroatoms. The largest absolute Gasteiger partial charge is 0.497 e. The number of hydrogen-bond donors (Lipinski definition) is 1. The summed E-state index contributed by atoms with van der Waals surface area (Å²) in [4.78, 5) is 27.0. The highest BCUT2D eigenvalue weighted by atomic mass is 35.5. The summed E-state index contributed by atoms with van der Waals surface area (Å²) >= 11 is 6.08. The van der Waals surface area contributed by atoms with Gasteiger partial charge >= 0.3 is 0 Å². The summed E-state index contributed by atoms with van der Waals surface area (Å²) < 4.78 is 19.3. The number of methoxy groups -OCH3 is 1. The van der Waals surface area contributed by atoms with Crippen molar-refractivity contribution in [3.8, 4) is 5.75 Å². The third-order valence-electron chi connectivity index (χ3n) is 4.62. The maximum atomic E-state index is 14.2. The Morgan fingerprint density at radius 3 is 2.48 bits per heavy atom. The highest BCUT2D eigenvalue weighted by Gasteiger charge is 2.27. The summed E-state index contributed by atoms with van der Waals surface area (Å²) in [7, 11) is 1.57. The van der Waals surface area contributed by atoms with E-state index in [4.69, 9.17) is 16.3 Å². The molecule has 2 amide bonds. The Kier molecular flexibility index (Phi) is 8.46. The molecule has 0 aliphatic rings. The van der Waals surface area contributed by atoms with Gasteiger partial charge in [-0.25, -0.2) is 4.39 Å². The van der Waals surface area contributed by atoms with E-state index in [2.05, 4.69) is 5.32 Å². The van der Waals surface area contributed by atoms with Gasteiger partial charge in [0.2, 0.25) is 11.8 Å². The number of amides is 2. The van der Waals surface area contributed by atoms with Crippen molar-refractivity contribution >= 4 is 23.4 Å². The predicted octanol–water partition coefficient (Wildman–Crippen LogP) is 3.97. The number of rotatable bonds is 9. The third-order valence-corrected chi connectivity index (χ3v) is 4.97. The zero-order valence-corrected chi connectivity index (χ0v) is 17.6. The van der Waals surface area contributed by atoms with Crippen LogP contribution in [0, 0.1) is 5.82 Å². The van der Waals surface area contributed by atoms with E-state index in [1.165, 1.54) is 17.0 Å². The molecule has 0 aliphatic heterocycles. The van der Waals surface area contributed by atoms with Crippen LogP contribution in [-0.4, -0.2) is 36.4 Å². The molecule has 2 aromatic carbocycles. The number of carbonyl (C=O) groups is 2. The topological polar surface area (TPSA) is 58.6 Å². The number of benzene rings is 2. The molecule has 1 atom stereocenters. The molecule has 0 fully saturated rings. The lowest BCUT2D eigenvalue weighted by Crippen LogP contribution is -2.48. The van der Waals surface area contributed by atoms with Crippen molar-refractivity contribution in [3.05, 3.63) is 64.4 Å². The monoisotopic (exact) mass is 420 g/mol. The average Bonchev–Trinajstić information content (AvgIpc) is 2.72. The SMILES string of the molecule is CCCNC(=O)C(C)N(Cc1ccc(OC)cc1)C(=O)Cc1c(F)cccc1Cl. The van der Waals surface area contributed by atoms with Gasteiger partial charge in [0.05, 0.1) is 13.5 Å². The number of hydrogen-bond acceptors (Lipinski definition) is 3. The molecule has 0 bridgehead atoms. The van der Waals surface area contributed by atoms with Gasteiger partial charge in [0.15, 0.2) is 0 Å². The molecule has 0 radical (unpaired) electrons. The number of ether oxygens (including phenoxy) is 1. The van der Waals surface area contributed by atoms with Crippen LogP contribution in [0.2, 0.25) is 5.02 Å². The fourth-order valence-electron chi connectivity index (χ4n) is 2.86. The molecule has 156 valence electrons. The highest BCUT2D eigenvalue weighted by molar-refractivity contribution is 6.31. The van der Waals surface area contributed by atoms with Gasteiger partial charge in [-0.1, -0.05) is 36.7 Å². The van der Waals surface area contributed by atoms with Gasteiger partial charge in [-0.15, -0.1) is 0 Å². The van der Waals surface area contributed by atoms with Crippen molar-refractivity contribution in [3.63, 3.8) is 0 Å². The van der Waals surface area contributed by atoms with Gasteiger partial charge in [0.1, 0.15) is 17.6 Å². The quantitative estimate of drug-likeness (QED) is 0.667. The lowest BCUT2D eigenvalue weighted by Gasteiger charge is -2.29. The predicted molar refractivity (Wildman–Crippen MR) is 111 cm³/mol. The lowest BCUT2D eigenvalue weighted by atomic mass is 10.1. The van der Waals surface area contributed by atoms with Gasteiger partial charge in [0.25, 0.3) is 0 Å². The van der Waals surface area contributed by atoms with Crippen LogP contribution in [0.3, 0.4) is 0 Å². The molecule has 0 saturated heterocycles. The molecule has 2 aromatic rings. The third kappa shape index (κ3) is 6.19. The molecule has 0 saturated carbocycles. The Balaban J connectivity index is 2.26. The minimum Gasteiger partial charge on any atom is -0.497 e. The van der Waals surface area contributed by atoms with Gasteiger partial charge in [-0.05, 0) is 43.2 Å². The Labute approximate surface area is 175 Å². The first-order valence-corrected chi connectivity index (χ1v) is 9.88. The van der Waals surface area contributed by atoms with E-state index < -0.39 is 11.9 Å². The summed E-state index contributed by atoms with van der Waals surface area (Å²) in [5.41, 5.74) is 0.953. The Bertz CT molecular complexity index is 822. The summed E-state index contributed by atoms with van der Waals surface area (Å²) in [5, 5.41) is 2.99. The number of nitrogens with one attached hydrogen (secondary N) is 1. The zero-order valence-electron chi connectivity index (χ0n) is 16.9. The molecule has 1 N–H and O–H groups in total. The second kappa shape index (κ2) is 10.8. The molecule has 0 heterocycles. The van der Waals surface area contributed by atoms with Crippen LogP contribution in [0.15, 0.2) is 42.5 Å². The second-order valence-corrected chi connectivity index (χ2v) is 7.12. The van der Waals surface area contributed by atoms with Crippen LogP contribution < -0.4 is 10.1 Å². The smallest absolute Gasteiger partial charge is 0.242 e. The van der Waals surface area contributed by atoms with Crippen LogP contribution in [-0.2, 0) is 22.6 Å². The molecular weight excluding hydrogens is 395 g/mol. The molecule has 0 aliphatic carbocycles. The van der Waals surface area contributed by atoms with Crippen molar-refractivity contribution in [1.29, 1.82) is 0 Å². The standard InChI is InChI=1S/C22H26ClFN2O3/c1-4-12-25-22(28)15(2)26(14-16-8-10-17(29-3)11-9-16)21(27)13-18-19(23)6-5-7-20(18)24/h5-11,15H,4,12-14H2,1-3H3,(H,25,28). The van der Waals surface area contributed by atoms with E-state index in [1.54, 1.807) is 32.2 Å². The maximum absolute atomic E-state index is 14.2. The summed E-state index contributed by atoms with van der Waals surface area (Å²) in [6.07, 6.45) is 0.558. The normalized spacial score (nSPS) is 11.6. The fraction of sp³-hybridized carbons (Fsp3) is 0.364. The van der Waals surface area contributed by atoms with Gasteiger partial charge < -0.3 is 15.0 Å². The van der Waals surface area contributed by atoms with Crippen molar-refractivity contribution in [2.75, 3.05) is 13.7 Å². The van der Waals surface area contributed by atoms with Crippen LogP contribution >= 0.6 is 11.6 Å². The Morgan fingerprint density at radius 2 is 1.90 bits per heavy atom. The number of halogens is 2. The lowest BCUT2D eigenvalue weighted by molar-refractivity contribution is -0.140. The van der Waals surface area contributed by atoms with Gasteiger partial charge in [-0.3, -0.25) is 9.59 Å². The van der Waals surface area contributed by atoms with E-state index in [9.17, 15) is 14.0 Å². The van der Waals surface area contributed by atoms with Crippen LogP contribution in [0.5, 0.6) is 5.75 Å². The number of carbonyl (C=O) groups excluding carboxylic acids is 2. The molecule has 2 rings (SSSR count). The zero-order chi connectivity index (χ0) is 21.4. The maximum Gasteiger partial charge on any atom is 0.242 e. The second-order valence-electron chi connectivity index (χ2n) is 6.71. The van der Waals surface area contributed by atoms with Crippen molar-refractivity contribution in [1.82, 2.24) is 10.2 Å². The van der Waals surface area contributed by atoms with Crippen molar-refractivity contribution < 1.29 is 18.7 Å². The molecule has 5 nitrogen and oxygen atoms in total. The van der Waals surface area contributed by atoms with Crippen LogP contribution in [0.1, 0.15) is 31.4 Å². The minimum absolute atomic E-state index is 0.125. The number of nitrogens with zero attached hydrogens (tertiary/aromatic N) is 1. The summed E-state index contributed by atoms with van der Waals surface area (Å²) in [5.74, 6) is -0.489. The fourth-order valence-corrected chi connectivity index (χ4v) is 3.09. The molecule has 29 heavy (non-hydrogen) atoms. The minimum atomic E-state index is -0.721. The Hall–Kier alpha value is -2.60. The van der Waals surface area contributed by atoms with Crippen LogP contribution in [0.25, 0.3) is 0 Å². The van der Waals surface area contributed by atoms with Gasteiger partial charge in [-0.2, -0.15) is 0 Å². The molecule has 1 unspecified atom stereocenters. The summed E-state index contributed by atoms with van der Waals surface area (Å²) in [6.45, 7) is 4.34. The first-order chi connectivity index (χ1) is 13.9. The Morgan fingerprint density at radius 1 is 1.21 bits per heavy atom. The van der Waals surface area contributed by atoms with E-state index in [1.807, 2.05) is 19.1 Å². The van der Waals surface area contributed by atoms with Crippen LogP contribution in [0.4, 0.5) is 4.39 Å². The first-order valence-electron chi connectivity index (χ1n) is 9.50. The van der Waals surface area contributed by atoms with Gasteiger partial charge in [0, 0.05) is 23.7 Å². The van der Waals surface area contributed by atoms with E-state index in [0.717, 1.165) is 12.0 Å². The summed E-state index contributed by atoms with van der Waals surface area (Å²) in [6, 6.07) is 10.8. The van der Waals surface area contributed by atoms with E-state index in [-0.39, 0.29) is 35.4 Å². The molecular formula is C22H26ClFN2O3. The first kappa shape index (κ1) is 22.7. The molecule has 0 aromatic heterocycles. The highest BCUT2D eigenvalue weighted by Crippen LogP contribution is 2.22. The average molecular weight is 421 g/mol. The van der Waals surface area contributed by atoms with E-state index in [0.29, 0.717) is 12.3 Å². The van der Waals surface area contributed by atoms with Crippen molar-refractivity contribution in [2.45, 2.75) is 39.3 Å².